The minimum atomic E-state index is 0.139. The van der Waals surface area contributed by atoms with E-state index in [1.807, 2.05) is 24.3 Å². The van der Waals surface area contributed by atoms with Crippen LogP contribution in [0.4, 0.5) is 0 Å². The third-order valence-electron chi connectivity index (χ3n) is 4.37. The fourth-order valence-corrected chi connectivity index (χ4v) is 3.90. The van der Waals surface area contributed by atoms with Crippen molar-refractivity contribution in [2.75, 3.05) is 5.75 Å². The summed E-state index contributed by atoms with van der Waals surface area (Å²) in [4.78, 5) is 0. The molecule has 2 heterocycles. The first kappa shape index (κ1) is 17.3. The molecule has 1 aromatic heterocycles. The van der Waals surface area contributed by atoms with Gasteiger partial charge in [-0.1, -0.05) is 80.5 Å². The second kappa shape index (κ2) is 6.56. The fourth-order valence-electron chi connectivity index (χ4n) is 2.84. The Bertz CT molecular complexity index is 984. The summed E-state index contributed by atoms with van der Waals surface area (Å²) < 4.78 is 1.79. The smallest absolute Gasteiger partial charge is 0.186 e. The van der Waals surface area contributed by atoms with Gasteiger partial charge in [0.1, 0.15) is 0 Å². The quantitative estimate of drug-likeness (QED) is 0.607. The van der Waals surface area contributed by atoms with Gasteiger partial charge in [0.2, 0.25) is 5.16 Å². The van der Waals surface area contributed by atoms with Crippen LogP contribution >= 0.6 is 23.4 Å². The lowest BCUT2D eigenvalue weighted by atomic mass is 9.86. The van der Waals surface area contributed by atoms with E-state index < -0.39 is 0 Å². The van der Waals surface area contributed by atoms with Crippen LogP contribution in [0.1, 0.15) is 31.9 Å². The van der Waals surface area contributed by atoms with Crippen molar-refractivity contribution in [1.82, 2.24) is 14.9 Å². The number of benzene rings is 2. The number of thioether (sulfide) groups is 1. The van der Waals surface area contributed by atoms with Crippen molar-refractivity contribution in [3.63, 3.8) is 0 Å². The normalized spacial score (nSPS) is 14.1. The summed E-state index contributed by atoms with van der Waals surface area (Å²) in [6, 6.07) is 16.3. The van der Waals surface area contributed by atoms with Gasteiger partial charge in [0, 0.05) is 11.3 Å². The molecule has 132 valence electrons. The maximum absolute atomic E-state index is 6.34. The Morgan fingerprint density at radius 1 is 1.00 bits per heavy atom. The van der Waals surface area contributed by atoms with Crippen LogP contribution in [-0.2, 0) is 5.41 Å². The van der Waals surface area contributed by atoms with Gasteiger partial charge in [-0.05, 0) is 28.7 Å². The Hall–Kier alpha value is -2.11. The van der Waals surface area contributed by atoms with Crippen molar-refractivity contribution in [3.05, 3.63) is 64.7 Å². The molecular weight excluding hydrogens is 364 g/mol. The van der Waals surface area contributed by atoms with Crippen LogP contribution in [0.5, 0.6) is 0 Å². The lowest BCUT2D eigenvalue weighted by Gasteiger charge is -2.20. The molecule has 3 aromatic rings. The van der Waals surface area contributed by atoms with Gasteiger partial charge < -0.3 is 0 Å². The number of aromatic nitrogens is 3. The maximum atomic E-state index is 6.34. The third-order valence-corrected chi connectivity index (χ3v) is 5.63. The Labute approximate surface area is 162 Å². The summed E-state index contributed by atoms with van der Waals surface area (Å²) in [6.07, 6.45) is 0. The number of halogens is 1. The highest BCUT2D eigenvalue weighted by Gasteiger charge is 2.22. The zero-order valence-electron chi connectivity index (χ0n) is 14.9. The molecule has 4 rings (SSSR count). The summed E-state index contributed by atoms with van der Waals surface area (Å²) >= 11 is 7.97. The van der Waals surface area contributed by atoms with Gasteiger partial charge in [0.15, 0.2) is 5.82 Å². The second-order valence-corrected chi connectivity index (χ2v) is 8.61. The molecule has 2 aromatic carbocycles. The van der Waals surface area contributed by atoms with Crippen molar-refractivity contribution in [3.8, 4) is 11.4 Å². The van der Waals surface area contributed by atoms with Crippen molar-refractivity contribution >= 4 is 29.1 Å². The van der Waals surface area contributed by atoms with Gasteiger partial charge in [-0.3, -0.25) is 0 Å². The number of nitrogens with zero attached hydrogens (tertiary/aromatic N) is 4. The molecule has 0 aliphatic carbocycles. The van der Waals surface area contributed by atoms with Gasteiger partial charge in [-0.2, -0.15) is 9.78 Å². The molecule has 1 aliphatic heterocycles. The van der Waals surface area contributed by atoms with Crippen LogP contribution in [0.15, 0.2) is 58.8 Å². The first-order chi connectivity index (χ1) is 12.4. The van der Waals surface area contributed by atoms with Gasteiger partial charge in [0.25, 0.3) is 0 Å². The van der Waals surface area contributed by atoms with Gasteiger partial charge in [-0.25, -0.2) is 0 Å². The van der Waals surface area contributed by atoms with Crippen LogP contribution in [-0.4, -0.2) is 26.3 Å². The van der Waals surface area contributed by atoms with E-state index in [4.69, 9.17) is 16.7 Å². The van der Waals surface area contributed by atoms with E-state index in [-0.39, 0.29) is 5.41 Å². The van der Waals surface area contributed by atoms with Crippen LogP contribution in [0, 0.1) is 0 Å². The standard InChI is InChI=1S/C20H19ClN4S/c1-20(2,3)14-10-8-13(9-11-14)17-12-26-19-23-22-18(25(19)24-17)15-6-4-5-7-16(15)21/h4-11H,12H2,1-3H3. The van der Waals surface area contributed by atoms with E-state index in [0.717, 1.165) is 27.7 Å². The van der Waals surface area contributed by atoms with Gasteiger partial charge in [0.05, 0.1) is 10.7 Å². The summed E-state index contributed by atoms with van der Waals surface area (Å²) in [5.74, 6) is 1.44. The van der Waals surface area contributed by atoms with Crippen molar-refractivity contribution in [2.45, 2.75) is 31.3 Å². The average molecular weight is 383 g/mol. The molecular formula is C20H19ClN4S. The first-order valence-electron chi connectivity index (χ1n) is 8.45. The SMILES string of the molecule is CC(C)(C)c1ccc(C2=Nn3c(nnc3-c3ccccc3Cl)SC2)cc1. The van der Waals surface area contributed by atoms with Crippen LogP contribution in [0.25, 0.3) is 11.4 Å². The number of hydrogen-bond donors (Lipinski definition) is 0. The summed E-state index contributed by atoms with van der Waals surface area (Å²) in [5.41, 5.74) is 4.42. The molecule has 4 nitrogen and oxygen atoms in total. The summed E-state index contributed by atoms with van der Waals surface area (Å²) in [5, 5.41) is 14.8. The molecule has 0 atom stereocenters. The average Bonchev–Trinajstić information content (AvgIpc) is 3.04. The summed E-state index contributed by atoms with van der Waals surface area (Å²) in [6.45, 7) is 6.65. The topological polar surface area (TPSA) is 43.1 Å². The molecule has 0 saturated carbocycles. The second-order valence-electron chi connectivity index (χ2n) is 7.26. The Morgan fingerprint density at radius 2 is 1.73 bits per heavy atom. The van der Waals surface area contributed by atoms with E-state index >= 15 is 0 Å². The lowest BCUT2D eigenvalue weighted by Crippen LogP contribution is -2.15. The minimum absolute atomic E-state index is 0.139. The zero-order chi connectivity index (χ0) is 18.3. The van der Waals surface area contributed by atoms with Crippen LogP contribution < -0.4 is 0 Å². The molecule has 1 aliphatic rings. The Morgan fingerprint density at radius 3 is 2.42 bits per heavy atom. The molecule has 0 unspecified atom stereocenters. The van der Waals surface area contributed by atoms with E-state index in [1.165, 1.54) is 5.56 Å². The number of hydrogen-bond acceptors (Lipinski definition) is 4. The predicted octanol–water partition coefficient (Wildman–Crippen LogP) is 5.25. The molecule has 0 bridgehead atoms. The molecule has 0 saturated heterocycles. The molecule has 6 heteroatoms. The van der Waals surface area contributed by atoms with Crippen molar-refractivity contribution in [2.24, 2.45) is 5.10 Å². The minimum Gasteiger partial charge on any atom is -0.186 e. The zero-order valence-corrected chi connectivity index (χ0v) is 16.5. The van der Waals surface area contributed by atoms with E-state index in [1.54, 1.807) is 16.4 Å². The molecule has 0 spiro atoms. The molecule has 0 amide bonds. The largest absolute Gasteiger partial charge is 0.212 e. The van der Waals surface area contributed by atoms with Crippen LogP contribution in [0.3, 0.4) is 0 Å². The lowest BCUT2D eigenvalue weighted by molar-refractivity contribution is 0.590. The molecule has 0 N–H and O–H groups in total. The first-order valence-corrected chi connectivity index (χ1v) is 9.82. The Balaban J connectivity index is 1.74. The van der Waals surface area contributed by atoms with Crippen molar-refractivity contribution in [1.29, 1.82) is 0 Å². The van der Waals surface area contributed by atoms with E-state index in [0.29, 0.717) is 10.8 Å². The van der Waals surface area contributed by atoms with Gasteiger partial charge in [-0.15, -0.1) is 10.2 Å². The number of fused-ring (bicyclic) bond motifs is 1. The van der Waals surface area contributed by atoms with Gasteiger partial charge >= 0.3 is 0 Å². The fraction of sp³-hybridized carbons (Fsp3) is 0.250. The highest BCUT2D eigenvalue weighted by molar-refractivity contribution is 7.99. The van der Waals surface area contributed by atoms with E-state index in [9.17, 15) is 0 Å². The third kappa shape index (κ3) is 3.17. The monoisotopic (exact) mass is 382 g/mol. The highest BCUT2D eigenvalue weighted by atomic mass is 35.5. The Kier molecular flexibility index (Phi) is 4.37. The number of rotatable bonds is 2. The maximum Gasteiger partial charge on any atom is 0.212 e. The van der Waals surface area contributed by atoms with Crippen molar-refractivity contribution < 1.29 is 0 Å². The molecule has 0 fully saturated rings. The summed E-state index contributed by atoms with van der Waals surface area (Å²) in [7, 11) is 0. The highest BCUT2D eigenvalue weighted by Crippen LogP contribution is 2.32. The van der Waals surface area contributed by atoms with E-state index in [2.05, 4.69) is 55.2 Å². The molecule has 0 radical (unpaired) electrons. The van der Waals surface area contributed by atoms with Crippen LogP contribution in [0.2, 0.25) is 5.02 Å². The molecule has 26 heavy (non-hydrogen) atoms. The predicted molar refractivity (Wildman–Crippen MR) is 108 cm³/mol.